The van der Waals surface area contributed by atoms with Crippen LogP contribution in [0, 0.1) is 0 Å². The summed E-state index contributed by atoms with van der Waals surface area (Å²) < 4.78 is 55.7. The van der Waals surface area contributed by atoms with E-state index >= 15 is 0 Å². The summed E-state index contributed by atoms with van der Waals surface area (Å²) in [6.07, 6.45) is 10.5. The van der Waals surface area contributed by atoms with Crippen molar-refractivity contribution in [3.05, 3.63) is 52.8 Å². The van der Waals surface area contributed by atoms with E-state index in [1.54, 1.807) is 0 Å². The molecule has 0 radical (unpaired) electrons. The van der Waals surface area contributed by atoms with Gasteiger partial charge in [0, 0.05) is 6.26 Å². The lowest BCUT2D eigenvalue weighted by Gasteiger charge is -2.09. The molecule has 35 heavy (non-hydrogen) atoms. The van der Waals surface area contributed by atoms with E-state index in [1.807, 2.05) is 0 Å². The van der Waals surface area contributed by atoms with Crippen LogP contribution in [0.25, 0.3) is 10.9 Å². The number of nitrogens with zero attached hydrogens (tertiary/aromatic N) is 3. The number of sulfone groups is 1. The van der Waals surface area contributed by atoms with Gasteiger partial charge in [-0.05, 0) is 54.1 Å². The molecule has 3 rings (SSSR count). The van der Waals surface area contributed by atoms with Crippen molar-refractivity contribution in [2.75, 3.05) is 12.9 Å². The molecule has 0 N–H and O–H groups in total. The SMILES string of the molecule is CCCCCCCCCCOc1ccc(S(=O)(=O)n2nnc3ccc(S(C)(=O)=O)cc3c2=O)cc1. The Hall–Kier alpha value is -2.79. The topological polar surface area (TPSA) is 125 Å². The van der Waals surface area contributed by atoms with Gasteiger partial charge in [-0.3, -0.25) is 4.79 Å². The number of rotatable bonds is 13. The van der Waals surface area contributed by atoms with E-state index in [4.69, 9.17) is 4.74 Å². The maximum atomic E-state index is 13.0. The fourth-order valence-corrected chi connectivity index (χ4v) is 5.40. The van der Waals surface area contributed by atoms with Crippen LogP contribution in [-0.2, 0) is 19.9 Å². The van der Waals surface area contributed by atoms with Gasteiger partial charge in [0.05, 0.1) is 21.8 Å². The second-order valence-corrected chi connectivity index (χ2v) is 12.3. The molecule has 0 aliphatic heterocycles. The van der Waals surface area contributed by atoms with Crippen molar-refractivity contribution in [2.45, 2.75) is 68.1 Å². The summed E-state index contributed by atoms with van der Waals surface area (Å²) in [4.78, 5) is 12.6. The largest absolute Gasteiger partial charge is 0.494 e. The van der Waals surface area contributed by atoms with Gasteiger partial charge < -0.3 is 4.74 Å². The molecule has 0 atom stereocenters. The van der Waals surface area contributed by atoms with E-state index in [9.17, 15) is 21.6 Å². The van der Waals surface area contributed by atoms with Crippen molar-refractivity contribution in [1.29, 1.82) is 0 Å². The summed E-state index contributed by atoms with van der Waals surface area (Å²) in [5.74, 6) is 0.529. The lowest BCUT2D eigenvalue weighted by atomic mass is 10.1. The summed E-state index contributed by atoms with van der Waals surface area (Å²) in [7, 11) is -7.94. The Balaban J connectivity index is 1.67. The van der Waals surface area contributed by atoms with E-state index in [2.05, 4.69) is 17.2 Å². The van der Waals surface area contributed by atoms with Gasteiger partial charge in [-0.1, -0.05) is 56.0 Å². The minimum Gasteiger partial charge on any atom is -0.494 e. The van der Waals surface area contributed by atoms with Crippen LogP contribution in [0.15, 0.2) is 57.1 Å². The van der Waals surface area contributed by atoms with Crippen LogP contribution in [0.1, 0.15) is 58.3 Å². The third-order valence-corrected chi connectivity index (χ3v) is 8.32. The minimum absolute atomic E-state index is 0.0959. The van der Waals surface area contributed by atoms with Crippen LogP contribution in [0.5, 0.6) is 5.75 Å². The number of hydrogen-bond acceptors (Lipinski definition) is 8. The molecule has 0 aliphatic carbocycles. The van der Waals surface area contributed by atoms with Crippen LogP contribution < -0.4 is 10.3 Å². The zero-order chi connectivity index (χ0) is 25.5. The van der Waals surface area contributed by atoms with Gasteiger partial charge in [-0.2, -0.15) is 8.42 Å². The summed E-state index contributed by atoms with van der Waals surface area (Å²) in [5.41, 5.74) is -0.880. The van der Waals surface area contributed by atoms with Crippen LogP contribution in [-0.4, -0.2) is 44.1 Å². The van der Waals surface area contributed by atoms with E-state index in [0.717, 1.165) is 25.2 Å². The zero-order valence-electron chi connectivity index (χ0n) is 20.0. The minimum atomic E-state index is -4.34. The van der Waals surface area contributed by atoms with Gasteiger partial charge in [0.1, 0.15) is 11.3 Å². The predicted molar refractivity (Wildman–Crippen MR) is 134 cm³/mol. The molecule has 0 bridgehead atoms. The standard InChI is InChI=1S/C24H31N3O6S2/c1-3-4-5-6-7-8-9-10-17-33-19-11-13-20(14-12-19)35(31,32)27-24(28)22-18-21(34(2,29)30)15-16-23(22)25-26-27/h11-16,18H,3-10,17H2,1-2H3. The highest BCUT2D eigenvalue weighted by atomic mass is 32.2. The molecular formula is C24H31N3O6S2. The molecule has 0 unspecified atom stereocenters. The number of aromatic nitrogens is 3. The molecule has 3 aromatic rings. The first-order valence-corrected chi connectivity index (χ1v) is 15.1. The molecule has 0 fully saturated rings. The Morgan fingerprint density at radius 1 is 0.829 bits per heavy atom. The molecule has 1 heterocycles. The van der Waals surface area contributed by atoms with Crippen LogP contribution >= 0.6 is 0 Å². The highest BCUT2D eigenvalue weighted by Gasteiger charge is 2.22. The monoisotopic (exact) mass is 521 g/mol. The van der Waals surface area contributed by atoms with Gasteiger partial charge in [-0.15, -0.1) is 5.10 Å². The van der Waals surface area contributed by atoms with Crippen LogP contribution in [0.2, 0.25) is 0 Å². The zero-order valence-corrected chi connectivity index (χ0v) is 21.6. The first-order chi connectivity index (χ1) is 16.6. The van der Waals surface area contributed by atoms with Gasteiger partial charge in [0.2, 0.25) is 0 Å². The van der Waals surface area contributed by atoms with Crippen molar-refractivity contribution in [1.82, 2.24) is 14.4 Å². The molecule has 1 aromatic heterocycles. The van der Waals surface area contributed by atoms with Crippen molar-refractivity contribution >= 4 is 30.8 Å². The van der Waals surface area contributed by atoms with Gasteiger partial charge >= 0.3 is 0 Å². The average Bonchev–Trinajstić information content (AvgIpc) is 2.82. The molecule has 0 saturated carbocycles. The molecule has 0 amide bonds. The summed E-state index contributed by atoms with van der Waals surface area (Å²) in [6, 6.07) is 9.44. The van der Waals surface area contributed by atoms with Gasteiger partial charge in [0.15, 0.2) is 9.84 Å². The summed E-state index contributed by atoms with van der Waals surface area (Å²) in [5, 5.41) is 7.17. The Morgan fingerprint density at radius 2 is 1.43 bits per heavy atom. The smallest absolute Gasteiger partial charge is 0.292 e. The van der Waals surface area contributed by atoms with Crippen LogP contribution in [0.4, 0.5) is 0 Å². The first kappa shape index (κ1) is 26.8. The van der Waals surface area contributed by atoms with Crippen molar-refractivity contribution < 1.29 is 21.6 Å². The lowest BCUT2D eigenvalue weighted by Crippen LogP contribution is -2.31. The third-order valence-electron chi connectivity index (χ3n) is 5.65. The Labute approximate surface area is 206 Å². The second-order valence-electron chi connectivity index (χ2n) is 8.49. The fourth-order valence-electron chi connectivity index (χ4n) is 3.63. The number of fused-ring (bicyclic) bond motifs is 1. The molecule has 0 aliphatic rings. The number of benzene rings is 2. The quantitative estimate of drug-likeness (QED) is 0.310. The van der Waals surface area contributed by atoms with E-state index in [0.29, 0.717) is 12.4 Å². The number of hydrogen-bond donors (Lipinski definition) is 0. The van der Waals surface area contributed by atoms with Gasteiger partial charge in [-0.25, -0.2) is 8.42 Å². The molecule has 9 nitrogen and oxygen atoms in total. The maximum Gasteiger partial charge on any atom is 0.292 e. The second kappa shape index (κ2) is 11.8. The predicted octanol–water partition coefficient (Wildman–Crippen LogP) is 3.95. The Bertz CT molecular complexity index is 1420. The van der Waals surface area contributed by atoms with Gasteiger partial charge in [0.25, 0.3) is 15.6 Å². The average molecular weight is 522 g/mol. The van der Waals surface area contributed by atoms with Crippen LogP contribution in [0.3, 0.4) is 0 Å². The molecular weight excluding hydrogens is 490 g/mol. The molecule has 0 saturated heterocycles. The Kier molecular flexibility index (Phi) is 9.01. The van der Waals surface area contributed by atoms with Crippen molar-refractivity contribution in [3.63, 3.8) is 0 Å². The van der Waals surface area contributed by atoms with E-state index in [1.165, 1.54) is 74.9 Å². The molecule has 190 valence electrons. The van der Waals surface area contributed by atoms with E-state index in [-0.39, 0.29) is 24.8 Å². The normalized spacial score (nSPS) is 12.2. The maximum absolute atomic E-state index is 13.0. The highest BCUT2D eigenvalue weighted by molar-refractivity contribution is 7.90. The van der Waals surface area contributed by atoms with Crippen molar-refractivity contribution in [3.8, 4) is 5.75 Å². The third kappa shape index (κ3) is 6.88. The molecule has 2 aromatic carbocycles. The fraction of sp³-hybridized carbons (Fsp3) is 0.458. The van der Waals surface area contributed by atoms with E-state index < -0.39 is 25.4 Å². The Morgan fingerprint density at radius 3 is 2.06 bits per heavy atom. The summed E-state index contributed by atoms with van der Waals surface area (Å²) >= 11 is 0. The number of unbranched alkanes of at least 4 members (excludes halogenated alkanes) is 7. The number of ether oxygens (including phenoxy) is 1. The summed E-state index contributed by atoms with van der Waals surface area (Å²) in [6.45, 7) is 2.74. The van der Waals surface area contributed by atoms with Crippen molar-refractivity contribution in [2.24, 2.45) is 0 Å². The highest BCUT2D eigenvalue weighted by Crippen LogP contribution is 2.19. The molecule has 0 spiro atoms. The first-order valence-electron chi connectivity index (χ1n) is 11.7. The lowest BCUT2D eigenvalue weighted by molar-refractivity contribution is 0.304. The molecule has 11 heteroatoms.